The van der Waals surface area contributed by atoms with Gasteiger partial charge >= 0.3 is 0 Å². The third-order valence-corrected chi connectivity index (χ3v) is 8.83. The summed E-state index contributed by atoms with van der Waals surface area (Å²) in [6.45, 7) is -0.360. The zero-order valence-corrected chi connectivity index (χ0v) is 27.9. The zero-order valence-electron chi connectivity index (χ0n) is 27.9. The minimum Gasteiger partial charge on any atom is -0.544 e. The lowest BCUT2D eigenvalue weighted by atomic mass is 9.84. The third kappa shape index (κ3) is 10.6. The summed E-state index contributed by atoms with van der Waals surface area (Å²) >= 11 is 0. The van der Waals surface area contributed by atoms with Crippen molar-refractivity contribution in [3.05, 3.63) is 35.9 Å². The van der Waals surface area contributed by atoms with Crippen LogP contribution in [-0.4, -0.2) is 187 Å². The van der Waals surface area contributed by atoms with Crippen LogP contribution >= 0.6 is 0 Å². The molecular formula is C31H51NO19. The van der Waals surface area contributed by atoms with Gasteiger partial charge in [-0.05, 0) is 5.56 Å². The van der Waals surface area contributed by atoms with E-state index in [0.29, 0.717) is 6.54 Å². The van der Waals surface area contributed by atoms with Gasteiger partial charge in [0.15, 0.2) is 12.6 Å². The highest BCUT2D eigenvalue weighted by Gasteiger charge is 2.54. The van der Waals surface area contributed by atoms with Crippen molar-refractivity contribution in [3.8, 4) is 0 Å². The molecule has 3 heterocycles. The number of benzene rings is 1. The van der Waals surface area contributed by atoms with E-state index in [9.17, 15) is 61.0 Å². The van der Waals surface area contributed by atoms with Gasteiger partial charge in [-0.1, -0.05) is 37.3 Å². The number of hydrogen-bond donors (Lipinski definition) is 12. The van der Waals surface area contributed by atoms with E-state index in [-0.39, 0.29) is 13.2 Å². The van der Waals surface area contributed by atoms with Gasteiger partial charge in [-0.2, -0.15) is 0 Å². The van der Waals surface area contributed by atoms with Crippen molar-refractivity contribution in [3.63, 3.8) is 0 Å². The molecule has 51 heavy (non-hydrogen) atoms. The summed E-state index contributed by atoms with van der Waals surface area (Å²) in [5.41, 5.74) is 4.08. The molecule has 3 aliphatic heterocycles. The van der Waals surface area contributed by atoms with Crippen molar-refractivity contribution in [1.82, 2.24) is 0 Å². The Balaban J connectivity index is 0.00000166. The molecule has 0 amide bonds. The Labute approximate surface area is 292 Å². The topological polar surface area (TPSA) is 346 Å². The highest BCUT2D eigenvalue weighted by Crippen LogP contribution is 2.37. The lowest BCUT2D eigenvalue weighted by Gasteiger charge is -2.49. The Hall–Kier alpha value is -2.03. The summed E-state index contributed by atoms with van der Waals surface area (Å²) in [6.07, 6.45) is -24.7. The van der Waals surface area contributed by atoms with Crippen molar-refractivity contribution in [2.45, 2.75) is 112 Å². The molecule has 1 aromatic carbocycles. The number of aliphatic hydroxyl groups is 11. The lowest BCUT2D eigenvalue weighted by Crippen LogP contribution is -2.66. The number of hydrogen-bond acceptors (Lipinski definition) is 19. The average molecular weight is 742 g/mol. The molecule has 4 rings (SSSR count). The second kappa shape index (κ2) is 19.9. The van der Waals surface area contributed by atoms with Gasteiger partial charge in [0.2, 0.25) is 5.79 Å². The molecule has 0 spiro atoms. The molecule has 3 aliphatic rings. The van der Waals surface area contributed by atoms with Gasteiger partial charge < -0.3 is 100 Å². The molecule has 5 unspecified atom stereocenters. The number of rotatable bonds is 14. The standard InChI is InChI=1S/C29H44O18.C2H7NO/c1-12-14(32)7-29(28(40)41,47-24(12)18(34)15(33)8-30)43-11-17-19(35)20(36)22(38)27(45-17)46-25-16(9-31)44-26(23(39)21(25)37)42-10-13-5-3-2-4-6-13;3-1-2-4/h2-6,12,14-27,30-39H,7-11H2,1H3,(H,40,41);4H,1-3H2/t12-,14-,15-,16?,17?,18-,19+,20+,21-,22?,23?,24?,25-,26-,27+,29-;/m1./s1. The fourth-order valence-corrected chi connectivity index (χ4v) is 5.70. The van der Waals surface area contributed by atoms with Crippen LogP contribution in [0.5, 0.6) is 0 Å². The van der Waals surface area contributed by atoms with Crippen LogP contribution < -0.4 is 10.8 Å². The predicted molar refractivity (Wildman–Crippen MR) is 163 cm³/mol. The lowest BCUT2D eigenvalue weighted by molar-refractivity contribution is -0.394. The zero-order chi connectivity index (χ0) is 38.0. The minimum atomic E-state index is -2.78. The number of carbonyl (C=O) groups is 1. The highest BCUT2D eigenvalue weighted by molar-refractivity contribution is 5.73. The molecular weight excluding hydrogens is 690 g/mol. The fourth-order valence-electron chi connectivity index (χ4n) is 5.70. The highest BCUT2D eigenvalue weighted by atomic mass is 16.8. The van der Waals surface area contributed by atoms with E-state index in [2.05, 4.69) is 5.73 Å². The molecule has 16 atom stereocenters. The third-order valence-electron chi connectivity index (χ3n) is 8.83. The van der Waals surface area contributed by atoms with E-state index in [1.807, 2.05) is 0 Å². The smallest absolute Gasteiger partial charge is 0.212 e. The van der Waals surface area contributed by atoms with E-state index >= 15 is 0 Å². The van der Waals surface area contributed by atoms with Gasteiger partial charge in [0.1, 0.15) is 67.0 Å². The first-order valence-corrected chi connectivity index (χ1v) is 16.4. The van der Waals surface area contributed by atoms with Crippen LogP contribution in [0.3, 0.4) is 0 Å². The van der Waals surface area contributed by atoms with Gasteiger partial charge in [-0.3, -0.25) is 0 Å². The van der Waals surface area contributed by atoms with Crippen LogP contribution in [0.15, 0.2) is 30.3 Å². The first-order chi connectivity index (χ1) is 24.2. The Morgan fingerprint density at radius 2 is 1.55 bits per heavy atom. The molecule has 294 valence electrons. The predicted octanol–water partition coefficient (Wildman–Crippen LogP) is -7.98. The van der Waals surface area contributed by atoms with Crippen LogP contribution in [0.25, 0.3) is 0 Å². The SMILES string of the molecule is C[C@H]1C([C@H](O)[C@H](O)CO)O[C@@](OCC2O[C@@H](O[C@@H]3C(CO)O[C@@H](OCc4ccccc4)C(O)[C@H]3O)C(O)[C@@H](O)[C@H]2O)(C(=O)[O-])C[C@H]1O.[NH3+]CCO. The van der Waals surface area contributed by atoms with Crippen molar-refractivity contribution in [2.75, 3.05) is 33.0 Å². The number of carboxylic acid groups (broad SMARTS) is 1. The van der Waals surface area contributed by atoms with Crippen molar-refractivity contribution >= 4 is 5.97 Å². The molecule has 20 nitrogen and oxygen atoms in total. The molecule has 0 bridgehead atoms. The van der Waals surface area contributed by atoms with E-state index in [0.717, 1.165) is 5.56 Å². The quantitative estimate of drug-likeness (QED) is 0.0842. The van der Waals surface area contributed by atoms with Gasteiger partial charge in [-0.15, -0.1) is 0 Å². The van der Waals surface area contributed by atoms with E-state index in [1.165, 1.54) is 6.92 Å². The Morgan fingerprint density at radius 3 is 2.12 bits per heavy atom. The second-order valence-electron chi connectivity index (χ2n) is 12.5. The van der Waals surface area contributed by atoms with Gasteiger partial charge in [0, 0.05) is 12.3 Å². The van der Waals surface area contributed by atoms with Crippen LogP contribution in [-0.2, 0) is 39.8 Å². The fraction of sp³-hybridized carbons (Fsp3) is 0.774. The maximum Gasteiger partial charge on any atom is 0.212 e. The summed E-state index contributed by atoms with van der Waals surface area (Å²) in [5.74, 6) is -5.73. The summed E-state index contributed by atoms with van der Waals surface area (Å²) in [4.78, 5) is 12.2. The number of carboxylic acids is 1. The minimum absolute atomic E-state index is 0.0100. The molecule has 0 aromatic heterocycles. The molecule has 3 saturated heterocycles. The average Bonchev–Trinajstić information content (AvgIpc) is 3.13. The summed E-state index contributed by atoms with van der Waals surface area (Å²) in [6, 6.07) is 8.83. The van der Waals surface area contributed by atoms with E-state index in [4.69, 9.17) is 33.5 Å². The molecule has 1 aromatic rings. The number of aliphatic carboxylic acids is 1. The van der Waals surface area contributed by atoms with Gasteiger partial charge in [0.05, 0.1) is 51.8 Å². The number of ether oxygens (including phenoxy) is 6. The van der Waals surface area contributed by atoms with Crippen LogP contribution in [0, 0.1) is 5.92 Å². The van der Waals surface area contributed by atoms with Gasteiger partial charge in [-0.25, -0.2) is 0 Å². The van der Waals surface area contributed by atoms with Crippen LogP contribution in [0.4, 0.5) is 0 Å². The number of quaternary nitrogens is 1. The summed E-state index contributed by atoms with van der Waals surface area (Å²) in [5, 5.41) is 123. The Bertz CT molecular complexity index is 1170. The van der Waals surface area contributed by atoms with Gasteiger partial charge in [0.25, 0.3) is 0 Å². The van der Waals surface area contributed by atoms with E-state index < -0.39 is 130 Å². The summed E-state index contributed by atoms with van der Waals surface area (Å²) in [7, 11) is 0. The van der Waals surface area contributed by atoms with Crippen LogP contribution in [0.1, 0.15) is 18.9 Å². The summed E-state index contributed by atoms with van der Waals surface area (Å²) < 4.78 is 33.3. The number of aliphatic hydroxyl groups excluding tert-OH is 11. The second-order valence-corrected chi connectivity index (χ2v) is 12.5. The molecule has 0 saturated carbocycles. The molecule has 14 N–H and O–H groups in total. The maximum atomic E-state index is 12.2. The first kappa shape index (κ1) is 43.4. The van der Waals surface area contributed by atoms with Crippen molar-refractivity contribution < 1.29 is 100 Å². The van der Waals surface area contributed by atoms with Crippen molar-refractivity contribution in [2.24, 2.45) is 5.92 Å². The maximum absolute atomic E-state index is 12.2. The monoisotopic (exact) mass is 741 g/mol. The molecule has 20 heteroatoms. The van der Waals surface area contributed by atoms with Crippen LogP contribution in [0.2, 0.25) is 0 Å². The first-order valence-electron chi connectivity index (χ1n) is 16.4. The van der Waals surface area contributed by atoms with E-state index in [1.54, 1.807) is 30.3 Å². The molecule has 0 aliphatic carbocycles. The van der Waals surface area contributed by atoms with Crippen molar-refractivity contribution in [1.29, 1.82) is 0 Å². The molecule has 3 fully saturated rings. The molecule has 0 radical (unpaired) electrons. The Morgan fingerprint density at radius 1 is 0.941 bits per heavy atom. The largest absolute Gasteiger partial charge is 0.544 e. The Kier molecular flexibility index (Phi) is 16.9. The number of carbonyl (C=O) groups excluding carboxylic acids is 1. The normalized spacial score (nSPS) is 39.7.